The van der Waals surface area contributed by atoms with Crippen molar-refractivity contribution in [1.82, 2.24) is 5.32 Å². The summed E-state index contributed by atoms with van der Waals surface area (Å²) in [6, 6.07) is 4.67. The standard InChI is InChI=1S/C13H19FN2O2/c1-9(2)16-12(17)8-18-13-10(6-7-15)4-3-5-11(13)14/h3-5,9H,6-8,15H2,1-2H3,(H,16,17). The number of halogens is 1. The third kappa shape index (κ3) is 4.33. The number of ether oxygens (including phenoxy) is 1. The summed E-state index contributed by atoms with van der Waals surface area (Å²) in [5, 5.41) is 2.67. The molecule has 0 saturated heterocycles. The van der Waals surface area contributed by atoms with Crippen LogP contribution in [-0.4, -0.2) is 25.1 Å². The van der Waals surface area contributed by atoms with Crippen LogP contribution in [0.15, 0.2) is 18.2 Å². The topological polar surface area (TPSA) is 64.3 Å². The number of carbonyl (C=O) groups excluding carboxylic acids is 1. The number of hydrogen-bond donors (Lipinski definition) is 2. The van der Waals surface area contributed by atoms with Gasteiger partial charge in [0, 0.05) is 6.04 Å². The third-order valence-corrected chi connectivity index (χ3v) is 2.26. The summed E-state index contributed by atoms with van der Waals surface area (Å²) in [6.07, 6.45) is 0.513. The van der Waals surface area contributed by atoms with Crippen LogP contribution in [-0.2, 0) is 11.2 Å². The first-order valence-electron chi connectivity index (χ1n) is 5.94. The second-order valence-corrected chi connectivity index (χ2v) is 4.28. The minimum Gasteiger partial charge on any atom is -0.480 e. The number of amides is 1. The molecule has 1 amide bonds. The van der Waals surface area contributed by atoms with E-state index in [-0.39, 0.29) is 24.3 Å². The summed E-state index contributed by atoms with van der Waals surface area (Å²) in [7, 11) is 0. The van der Waals surface area contributed by atoms with Crippen molar-refractivity contribution < 1.29 is 13.9 Å². The average Bonchev–Trinajstić information content (AvgIpc) is 2.27. The summed E-state index contributed by atoms with van der Waals surface area (Å²) in [5.41, 5.74) is 6.12. The number of benzene rings is 1. The van der Waals surface area contributed by atoms with Crippen molar-refractivity contribution >= 4 is 5.91 Å². The lowest BCUT2D eigenvalue weighted by atomic mass is 10.1. The Morgan fingerprint density at radius 1 is 1.50 bits per heavy atom. The molecule has 0 aliphatic heterocycles. The molecule has 100 valence electrons. The molecular weight excluding hydrogens is 235 g/mol. The predicted molar refractivity (Wildman–Crippen MR) is 67.9 cm³/mol. The molecule has 3 N–H and O–H groups in total. The lowest BCUT2D eigenvalue weighted by Crippen LogP contribution is -2.34. The van der Waals surface area contributed by atoms with Gasteiger partial charge < -0.3 is 15.8 Å². The van der Waals surface area contributed by atoms with Gasteiger partial charge in [0.1, 0.15) is 0 Å². The molecule has 1 aromatic rings. The summed E-state index contributed by atoms with van der Waals surface area (Å²) < 4.78 is 18.8. The number of hydrogen-bond acceptors (Lipinski definition) is 3. The molecule has 0 heterocycles. The molecule has 18 heavy (non-hydrogen) atoms. The molecule has 0 saturated carbocycles. The third-order valence-electron chi connectivity index (χ3n) is 2.26. The highest BCUT2D eigenvalue weighted by molar-refractivity contribution is 5.77. The molecular formula is C13H19FN2O2. The van der Waals surface area contributed by atoms with Gasteiger partial charge in [0.05, 0.1) is 0 Å². The Hall–Kier alpha value is -1.62. The van der Waals surface area contributed by atoms with Gasteiger partial charge in [-0.05, 0) is 38.4 Å². The van der Waals surface area contributed by atoms with Crippen LogP contribution in [0.4, 0.5) is 4.39 Å². The number of rotatable bonds is 6. The highest BCUT2D eigenvalue weighted by Crippen LogP contribution is 2.22. The van der Waals surface area contributed by atoms with Gasteiger partial charge in [-0.1, -0.05) is 12.1 Å². The van der Waals surface area contributed by atoms with Crippen LogP contribution >= 0.6 is 0 Å². The quantitative estimate of drug-likeness (QED) is 0.802. The highest BCUT2D eigenvalue weighted by Gasteiger charge is 2.11. The van der Waals surface area contributed by atoms with Crippen LogP contribution in [0.2, 0.25) is 0 Å². The van der Waals surface area contributed by atoms with E-state index >= 15 is 0 Å². The first-order valence-corrected chi connectivity index (χ1v) is 5.94. The van der Waals surface area contributed by atoms with Gasteiger partial charge in [0.15, 0.2) is 18.2 Å². The Morgan fingerprint density at radius 3 is 2.83 bits per heavy atom. The van der Waals surface area contributed by atoms with E-state index in [1.54, 1.807) is 12.1 Å². The molecule has 0 aliphatic rings. The smallest absolute Gasteiger partial charge is 0.258 e. The van der Waals surface area contributed by atoms with E-state index in [4.69, 9.17) is 10.5 Å². The van der Waals surface area contributed by atoms with Gasteiger partial charge in [-0.15, -0.1) is 0 Å². The molecule has 0 fully saturated rings. The summed E-state index contributed by atoms with van der Waals surface area (Å²) in [5.74, 6) is -0.632. The minimum atomic E-state index is -0.474. The van der Waals surface area contributed by atoms with Gasteiger partial charge in [0.2, 0.25) is 0 Å². The average molecular weight is 254 g/mol. The van der Waals surface area contributed by atoms with E-state index in [2.05, 4.69) is 5.32 Å². The lowest BCUT2D eigenvalue weighted by molar-refractivity contribution is -0.123. The van der Waals surface area contributed by atoms with Crippen molar-refractivity contribution in [1.29, 1.82) is 0 Å². The van der Waals surface area contributed by atoms with Gasteiger partial charge in [-0.3, -0.25) is 4.79 Å². The van der Waals surface area contributed by atoms with Crippen molar-refractivity contribution in [3.8, 4) is 5.75 Å². The molecule has 0 spiro atoms. The van der Waals surface area contributed by atoms with E-state index in [9.17, 15) is 9.18 Å². The Bertz CT molecular complexity index is 408. The van der Waals surface area contributed by atoms with E-state index in [0.717, 1.165) is 0 Å². The van der Waals surface area contributed by atoms with E-state index < -0.39 is 5.82 Å². The lowest BCUT2D eigenvalue weighted by Gasteiger charge is -2.13. The fourth-order valence-corrected chi connectivity index (χ4v) is 1.57. The van der Waals surface area contributed by atoms with Crippen molar-refractivity contribution in [3.05, 3.63) is 29.6 Å². The second-order valence-electron chi connectivity index (χ2n) is 4.28. The molecule has 0 bridgehead atoms. The van der Waals surface area contributed by atoms with E-state index in [0.29, 0.717) is 18.5 Å². The van der Waals surface area contributed by atoms with E-state index in [1.807, 2.05) is 13.8 Å². The maximum absolute atomic E-state index is 13.6. The van der Waals surface area contributed by atoms with Crippen molar-refractivity contribution in [2.45, 2.75) is 26.3 Å². The molecule has 0 aromatic heterocycles. The van der Waals surface area contributed by atoms with Crippen LogP contribution in [0.1, 0.15) is 19.4 Å². The molecule has 0 unspecified atom stereocenters. The molecule has 0 aliphatic carbocycles. The van der Waals surface area contributed by atoms with Gasteiger partial charge in [-0.2, -0.15) is 0 Å². The number of nitrogens with one attached hydrogen (secondary N) is 1. The predicted octanol–water partition coefficient (Wildman–Crippen LogP) is 1.23. The first kappa shape index (κ1) is 14.4. The molecule has 0 radical (unpaired) electrons. The van der Waals surface area contributed by atoms with Gasteiger partial charge in [-0.25, -0.2) is 4.39 Å². The Balaban J connectivity index is 2.68. The fourth-order valence-electron chi connectivity index (χ4n) is 1.57. The summed E-state index contributed by atoms with van der Waals surface area (Å²) in [6.45, 7) is 3.90. The maximum atomic E-state index is 13.6. The Morgan fingerprint density at radius 2 is 2.22 bits per heavy atom. The van der Waals surface area contributed by atoms with Crippen molar-refractivity contribution in [3.63, 3.8) is 0 Å². The number of nitrogens with two attached hydrogens (primary N) is 1. The Kier molecular flexibility index (Phi) is 5.58. The molecule has 1 aromatic carbocycles. The van der Waals surface area contributed by atoms with Crippen molar-refractivity contribution in [2.75, 3.05) is 13.2 Å². The summed E-state index contributed by atoms with van der Waals surface area (Å²) in [4.78, 5) is 11.4. The zero-order valence-corrected chi connectivity index (χ0v) is 10.7. The maximum Gasteiger partial charge on any atom is 0.258 e. The van der Waals surface area contributed by atoms with Crippen LogP contribution in [0, 0.1) is 5.82 Å². The van der Waals surface area contributed by atoms with Crippen LogP contribution in [0.5, 0.6) is 5.75 Å². The zero-order valence-electron chi connectivity index (χ0n) is 10.7. The first-order chi connectivity index (χ1) is 8.54. The van der Waals surface area contributed by atoms with Crippen LogP contribution in [0.25, 0.3) is 0 Å². The van der Waals surface area contributed by atoms with Gasteiger partial charge >= 0.3 is 0 Å². The molecule has 4 nitrogen and oxygen atoms in total. The molecule has 0 atom stereocenters. The second kappa shape index (κ2) is 6.96. The van der Waals surface area contributed by atoms with E-state index in [1.165, 1.54) is 6.07 Å². The Labute approximate surface area is 106 Å². The fraction of sp³-hybridized carbons (Fsp3) is 0.462. The number of para-hydroxylation sites is 1. The molecule has 5 heteroatoms. The van der Waals surface area contributed by atoms with Crippen molar-refractivity contribution in [2.24, 2.45) is 5.73 Å². The van der Waals surface area contributed by atoms with Crippen LogP contribution in [0.3, 0.4) is 0 Å². The molecule has 1 rings (SSSR count). The normalized spacial score (nSPS) is 10.5. The SMILES string of the molecule is CC(C)NC(=O)COc1c(F)cccc1CCN. The minimum absolute atomic E-state index is 0.0326. The summed E-state index contributed by atoms with van der Waals surface area (Å²) >= 11 is 0. The monoisotopic (exact) mass is 254 g/mol. The largest absolute Gasteiger partial charge is 0.480 e. The number of carbonyl (C=O) groups is 1. The zero-order chi connectivity index (χ0) is 13.5. The van der Waals surface area contributed by atoms with Crippen LogP contribution < -0.4 is 15.8 Å². The van der Waals surface area contributed by atoms with Gasteiger partial charge in [0.25, 0.3) is 5.91 Å². The highest BCUT2D eigenvalue weighted by atomic mass is 19.1.